The molecule has 188 valence electrons. The zero-order chi connectivity index (χ0) is 25.1. The summed E-state index contributed by atoms with van der Waals surface area (Å²) < 4.78 is 0. The van der Waals surface area contributed by atoms with Crippen LogP contribution in [0, 0.1) is 0 Å². The van der Waals surface area contributed by atoms with Crippen LogP contribution in [0.3, 0.4) is 0 Å². The van der Waals surface area contributed by atoms with Crippen molar-refractivity contribution in [3.05, 3.63) is 82.5 Å². The molecule has 9 heteroatoms. The molecule has 5 rings (SSSR count). The van der Waals surface area contributed by atoms with Crippen molar-refractivity contribution in [3.8, 4) is 0 Å². The van der Waals surface area contributed by atoms with Crippen LogP contribution in [0.15, 0.2) is 55.1 Å². The third-order valence-electron chi connectivity index (χ3n) is 7.27. The van der Waals surface area contributed by atoms with Crippen LogP contribution in [-0.4, -0.2) is 63.6 Å². The van der Waals surface area contributed by atoms with Crippen LogP contribution in [0.5, 0.6) is 0 Å². The molecule has 1 aliphatic carbocycles. The quantitative estimate of drug-likeness (QED) is 0.449. The number of aromatic nitrogens is 3. The van der Waals surface area contributed by atoms with Crippen molar-refractivity contribution in [2.75, 3.05) is 31.1 Å². The van der Waals surface area contributed by atoms with Crippen molar-refractivity contribution in [3.63, 3.8) is 0 Å². The van der Waals surface area contributed by atoms with Gasteiger partial charge in [0.05, 0.1) is 23.9 Å². The number of hydrogen-bond donors (Lipinski definition) is 2. The third kappa shape index (κ3) is 5.13. The number of hydrogen-bond acceptors (Lipinski definition) is 8. The van der Waals surface area contributed by atoms with E-state index in [1.165, 1.54) is 0 Å². The molecule has 2 aliphatic rings. The van der Waals surface area contributed by atoms with Gasteiger partial charge in [0.2, 0.25) is 0 Å². The Bertz CT molecular complexity index is 1170. The van der Waals surface area contributed by atoms with Crippen LogP contribution in [0.1, 0.15) is 53.7 Å². The number of nitrogens with one attached hydrogen (secondary N) is 1. The lowest BCUT2D eigenvalue weighted by atomic mass is 9.95. The molecule has 0 spiro atoms. The number of anilines is 1. The van der Waals surface area contributed by atoms with Crippen LogP contribution in [0.25, 0.3) is 0 Å². The number of aliphatic hydroxyl groups excluding tert-OH is 1. The first-order chi connectivity index (χ1) is 17.5. The van der Waals surface area contributed by atoms with E-state index < -0.39 is 6.10 Å². The molecule has 4 atom stereocenters. The third-order valence-corrected chi connectivity index (χ3v) is 7.52. The summed E-state index contributed by atoms with van der Waals surface area (Å²) in [6.07, 6.45) is 6.15. The summed E-state index contributed by atoms with van der Waals surface area (Å²) in [6.45, 7) is 5.78. The topological polar surface area (TPSA) is 94.5 Å². The number of benzene rings is 1. The van der Waals surface area contributed by atoms with E-state index in [1.54, 1.807) is 12.5 Å². The summed E-state index contributed by atoms with van der Waals surface area (Å²) in [5, 5.41) is 14.7. The first-order valence-electron chi connectivity index (χ1n) is 12.4. The highest BCUT2D eigenvalue weighted by Gasteiger charge is 2.35. The van der Waals surface area contributed by atoms with Crippen LogP contribution < -0.4 is 10.2 Å². The van der Waals surface area contributed by atoms with Crippen molar-refractivity contribution >= 4 is 23.7 Å². The number of aliphatic hydroxyl groups is 1. The van der Waals surface area contributed by atoms with Gasteiger partial charge in [0.1, 0.15) is 18.4 Å². The molecule has 8 nitrogen and oxygen atoms in total. The number of rotatable bonds is 8. The van der Waals surface area contributed by atoms with Gasteiger partial charge in [0, 0.05) is 55.7 Å². The Morgan fingerprint density at radius 1 is 1.17 bits per heavy atom. The Morgan fingerprint density at radius 2 is 1.94 bits per heavy atom. The number of carbonyl (C=O) groups excluding carboxylic acids is 1. The van der Waals surface area contributed by atoms with Gasteiger partial charge in [-0.1, -0.05) is 36.7 Å². The van der Waals surface area contributed by atoms with E-state index in [2.05, 4.69) is 37.0 Å². The molecule has 1 aromatic carbocycles. The Labute approximate surface area is 216 Å². The lowest BCUT2D eigenvalue weighted by Crippen LogP contribution is -2.57. The van der Waals surface area contributed by atoms with Gasteiger partial charge < -0.3 is 14.8 Å². The molecule has 3 heterocycles. The maximum absolute atomic E-state index is 12.4. The van der Waals surface area contributed by atoms with Gasteiger partial charge in [-0.25, -0.2) is 9.97 Å². The summed E-state index contributed by atoms with van der Waals surface area (Å²) in [6, 6.07) is 11.4. The molecular formula is C27H31ClN6O2. The fourth-order valence-electron chi connectivity index (χ4n) is 5.39. The molecule has 2 unspecified atom stereocenters. The Morgan fingerprint density at radius 3 is 2.64 bits per heavy atom. The summed E-state index contributed by atoms with van der Waals surface area (Å²) in [4.78, 5) is 30.2. The summed E-state index contributed by atoms with van der Waals surface area (Å²) in [5.74, 6) is 0.791. The van der Waals surface area contributed by atoms with Crippen LogP contribution in [0.4, 0.5) is 5.82 Å². The Balaban J connectivity index is 1.35. The highest BCUT2D eigenvalue weighted by atomic mass is 35.5. The maximum atomic E-state index is 12.4. The van der Waals surface area contributed by atoms with E-state index >= 15 is 0 Å². The minimum atomic E-state index is -0.521. The lowest BCUT2D eigenvalue weighted by molar-refractivity contribution is -0.111. The molecule has 0 amide bonds. The molecule has 2 N–H and O–H groups in total. The maximum Gasteiger partial charge on any atom is 0.135 e. The highest BCUT2D eigenvalue weighted by molar-refractivity contribution is 6.30. The minimum Gasteiger partial charge on any atom is -0.387 e. The zero-order valence-electron chi connectivity index (χ0n) is 20.3. The second-order valence-electron chi connectivity index (χ2n) is 9.57. The number of fused-ring (bicyclic) bond motifs is 1. The van der Waals surface area contributed by atoms with Gasteiger partial charge in [0.25, 0.3) is 0 Å². The highest BCUT2D eigenvalue weighted by Crippen LogP contribution is 2.42. The zero-order valence-corrected chi connectivity index (χ0v) is 21.1. The molecule has 0 radical (unpaired) electrons. The van der Waals surface area contributed by atoms with Gasteiger partial charge in [0.15, 0.2) is 0 Å². The van der Waals surface area contributed by atoms with Crippen molar-refractivity contribution in [2.24, 2.45) is 0 Å². The largest absolute Gasteiger partial charge is 0.387 e. The minimum absolute atomic E-state index is 0.192. The van der Waals surface area contributed by atoms with Gasteiger partial charge in [-0.2, -0.15) is 0 Å². The van der Waals surface area contributed by atoms with Gasteiger partial charge in [-0.05, 0) is 41.7 Å². The second-order valence-corrected chi connectivity index (χ2v) is 10.0. The average molecular weight is 507 g/mol. The van der Waals surface area contributed by atoms with Crippen LogP contribution in [0.2, 0.25) is 5.02 Å². The molecule has 36 heavy (non-hydrogen) atoms. The van der Waals surface area contributed by atoms with E-state index in [4.69, 9.17) is 11.6 Å². The summed E-state index contributed by atoms with van der Waals surface area (Å²) >= 11 is 6.11. The summed E-state index contributed by atoms with van der Waals surface area (Å²) in [7, 11) is 0. The van der Waals surface area contributed by atoms with Crippen molar-refractivity contribution in [1.29, 1.82) is 0 Å². The fraction of sp³-hybridized carbons (Fsp3) is 0.407. The predicted octanol–water partition coefficient (Wildman–Crippen LogP) is 3.29. The predicted molar refractivity (Wildman–Crippen MR) is 139 cm³/mol. The standard InChI is InChI=1S/C27H31ClN6O2/c1-18-13-23(36)25-24(18)27(32-17-31-25)34-11-9-33(10-12-34)26(30-15-19-3-2-8-29-14-19)22(16-35)20-4-6-21(28)7-5-20/h2-8,14,16-18,22-23,26,30,36H,9-13,15H2,1H3/t18-,22?,23-,26?/m1/s1. The molecule has 1 aliphatic heterocycles. The number of aldehydes is 1. The number of halogens is 1. The monoisotopic (exact) mass is 506 g/mol. The van der Waals surface area contributed by atoms with Crippen molar-refractivity contribution in [2.45, 2.75) is 44.0 Å². The van der Waals surface area contributed by atoms with Gasteiger partial charge in [-0.3, -0.25) is 15.2 Å². The lowest BCUT2D eigenvalue weighted by Gasteiger charge is -2.42. The number of piperazine rings is 1. The molecule has 1 fully saturated rings. The first kappa shape index (κ1) is 24.8. The molecule has 0 saturated carbocycles. The van der Waals surface area contributed by atoms with E-state index in [0.717, 1.165) is 60.7 Å². The number of nitrogens with zero attached hydrogens (tertiary/aromatic N) is 5. The van der Waals surface area contributed by atoms with Gasteiger partial charge >= 0.3 is 0 Å². The van der Waals surface area contributed by atoms with E-state index in [-0.39, 0.29) is 18.0 Å². The molecule has 1 saturated heterocycles. The average Bonchev–Trinajstić information content (AvgIpc) is 3.21. The van der Waals surface area contributed by atoms with Crippen molar-refractivity contribution < 1.29 is 9.90 Å². The number of carbonyl (C=O) groups is 1. The Kier molecular flexibility index (Phi) is 7.57. The molecule has 2 aromatic heterocycles. The van der Waals surface area contributed by atoms with E-state index in [1.807, 2.05) is 42.6 Å². The second kappa shape index (κ2) is 11.0. The SMILES string of the molecule is C[C@@H]1C[C@@H](O)c2ncnc(N3CCN(C(NCc4cccnc4)C(C=O)c4ccc(Cl)cc4)CC3)c21. The fourth-order valence-corrected chi connectivity index (χ4v) is 5.52. The van der Waals surface area contributed by atoms with Crippen molar-refractivity contribution in [1.82, 2.24) is 25.2 Å². The molecular weight excluding hydrogens is 476 g/mol. The molecule has 3 aromatic rings. The van der Waals surface area contributed by atoms with Crippen LogP contribution >= 0.6 is 11.6 Å². The van der Waals surface area contributed by atoms with E-state index in [9.17, 15) is 9.90 Å². The number of pyridine rings is 1. The van der Waals surface area contributed by atoms with Gasteiger partial charge in [-0.15, -0.1) is 0 Å². The Hall–Kier alpha value is -2.91. The van der Waals surface area contributed by atoms with E-state index in [0.29, 0.717) is 18.0 Å². The summed E-state index contributed by atoms with van der Waals surface area (Å²) in [5.41, 5.74) is 3.81. The van der Waals surface area contributed by atoms with Crippen LogP contribution in [-0.2, 0) is 11.3 Å². The first-order valence-corrected chi connectivity index (χ1v) is 12.8. The molecule has 0 bridgehead atoms. The smallest absolute Gasteiger partial charge is 0.135 e. The normalized spacial score (nSPS) is 21.7.